The van der Waals surface area contributed by atoms with Gasteiger partial charge in [-0.05, 0) is 47.4 Å². The van der Waals surface area contributed by atoms with Crippen molar-refractivity contribution < 1.29 is 14.2 Å². The standard InChI is InChI=1S/C20H24N2O3/c1-23-15-6-4-13(5-7-15)20-21-12-17-16-11-19(25-3)18(24-2)10-14(16)8-9-22(17)20/h4-7,10-11,17,20-21H,8-9,12H2,1-3H3/t17-,20-/m1/s1. The third-order valence-corrected chi connectivity index (χ3v) is 5.31. The summed E-state index contributed by atoms with van der Waals surface area (Å²) in [5.74, 6) is 2.50. The van der Waals surface area contributed by atoms with E-state index in [1.807, 2.05) is 12.1 Å². The van der Waals surface area contributed by atoms with Gasteiger partial charge in [0.2, 0.25) is 0 Å². The maximum Gasteiger partial charge on any atom is 0.161 e. The fraction of sp³-hybridized carbons (Fsp3) is 0.400. The highest BCUT2D eigenvalue weighted by Gasteiger charge is 2.38. The highest BCUT2D eigenvalue weighted by Crippen LogP contribution is 2.43. The van der Waals surface area contributed by atoms with Crippen LogP contribution in [0.25, 0.3) is 0 Å². The highest BCUT2D eigenvalue weighted by molar-refractivity contribution is 5.50. The summed E-state index contributed by atoms with van der Waals surface area (Å²) in [6.07, 6.45) is 1.25. The van der Waals surface area contributed by atoms with Crippen molar-refractivity contribution in [3.63, 3.8) is 0 Å². The Bertz CT molecular complexity index is 760. The molecule has 2 aliphatic rings. The van der Waals surface area contributed by atoms with Crippen molar-refractivity contribution in [2.75, 3.05) is 34.4 Å². The van der Waals surface area contributed by atoms with Gasteiger partial charge in [0.25, 0.3) is 0 Å². The summed E-state index contributed by atoms with van der Waals surface area (Å²) in [6.45, 7) is 1.95. The number of methoxy groups -OCH3 is 3. The first kappa shape index (κ1) is 16.2. The first-order valence-electron chi connectivity index (χ1n) is 8.63. The van der Waals surface area contributed by atoms with Crippen LogP contribution in [0.3, 0.4) is 0 Å². The quantitative estimate of drug-likeness (QED) is 0.927. The molecule has 1 saturated heterocycles. The lowest BCUT2D eigenvalue weighted by molar-refractivity contribution is 0.180. The number of nitrogens with one attached hydrogen (secondary N) is 1. The van der Waals surface area contributed by atoms with E-state index >= 15 is 0 Å². The minimum atomic E-state index is 0.233. The molecule has 132 valence electrons. The second-order valence-electron chi connectivity index (χ2n) is 6.49. The van der Waals surface area contributed by atoms with Crippen LogP contribution >= 0.6 is 0 Å². The molecule has 5 heteroatoms. The van der Waals surface area contributed by atoms with Crippen LogP contribution in [-0.4, -0.2) is 39.3 Å². The SMILES string of the molecule is COc1ccc([C@@H]2NC[C@@H]3c4cc(OC)c(OC)cc4CCN32)cc1. The Morgan fingerprint density at radius 1 is 0.960 bits per heavy atom. The second kappa shape index (κ2) is 6.58. The van der Waals surface area contributed by atoms with Gasteiger partial charge in [-0.15, -0.1) is 0 Å². The van der Waals surface area contributed by atoms with E-state index in [0.29, 0.717) is 6.04 Å². The molecular weight excluding hydrogens is 316 g/mol. The van der Waals surface area contributed by atoms with Crippen LogP contribution in [0.5, 0.6) is 17.2 Å². The van der Waals surface area contributed by atoms with Crippen molar-refractivity contribution in [3.8, 4) is 17.2 Å². The third-order valence-electron chi connectivity index (χ3n) is 5.31. The van der Waals surface area contributed by atoms with Gasteiger partial charge in [-0.2, -0.15) is 0 Å². The number of hydrogen-bond acceptors (Lipinski definition) is 5. The number of ether oxygens (including phenoxy) is 3. The molecule has 0 bridgehead atoms. The lowest BCUT2D eigenvalue weighted by Gasteiger charge is -2.35. The molecule has 0 radical (unpaired) electrons. The molecule has 4 rings (SSSR count). The van der Waals surface area contributed by atoms with Crippen LogP contribution in [0.1, 0.15) is 28.9 Å². The summed E-state index contributed by atoms with van der Waals surface area (Å²) in [6, 6.07) is 13.0. The lowest BCUT2D eigenvalue weighted by Crippen LogP contribution is -2.34. The summed E-state index contributed by atoms with van der Waals surface area (Å²) in [5.41, 5.74) is 3.97. The van der Waals surface area contributed by atoms with Crippen molar-refractivity contribution in [2.24, 2.45) is 0 Å². The van der Waals surface area contributed by atoms with Crippen molar-refractivity contribution >= 4 is 0 Å². The summed E-state index contributed by atoms with van der Waals surface area (Å²) in [5, 5.41) is 3.67. The smallest absolute Gasteiger partial charge is 0.161 e. The second-order valence-corrected chi connectivity index (χ2v) is 6.49. The molecule has 0 amide bonds. The molecule has 25 heavy (non-hydrogen) atoms. The molecule has 2 aromatic carbocycles. The highest BCUT2D eigenvalue weighted by atomic mass is 16.5. The molecule has 5 nitrogen and oxygen atoms in total. The normalized spacial score (nSPS) is 22.2. The average Bonchev–Trinajstić information content (AvgIpc) is 3.11. The molecule has 0 unspecified atom stereocenters. The Morgan fingerprint density at radius 2 is 1.68 bits per heavy atom. The van der Waals surface area contributed by atoms with Crippen LogP contribution in [0, 0.1) is 0 Å². The van der Waals surface area contributed by atoms with E-state index in [1.165, 1.54) is 16.7 Å². The maximum atomic E-state index is 5.51. The molecule has 0 aromatic heterocycles. The zero-order valence-electron chi connectivity index (χ0n) is 14.9. The van der Waals surface area contributed by atoms with E-state index < -0.39 is 0 Å². The van der Waals surface area contributed by atoms with Gasteiger partial charge in [-0.3, -0.25) is 10.2 Å². The molecule has 0 aliphatic carbocycles. The van der Waals surface area contributed by atoms with Crippen LogP contribution in [0.15, 0.2) is 36.4 Å². The number of hydrogen-bond donors (Lipinski definition) is 1. The number of rotatable bonds is 4. The third kappa shape index (κ3) is 2.73. The molecule has 2 heterocycles. The van der Waals surface area contributed by atoms with Crippen LogP contribution in [0.4, 0.5) is 0 Å². The van der Waals surface area contributed by atoms with Crippen molar-refractivity contribution in [3.05, 3.63) is 53.1 Å². The maximum absolute atomic E-state index is 5.51. The van der Waals surface area contributed by atoms with Gasteiger partial charge in [0.1, 0.15) is 5.75 Å². The predicted octanol–water partition coefficient (Wildman–Crippen LogP) is 2.91. The Hall–Kier alpha value is -2.24. The fourth-order valence-corrected chi connectivity index (χ4v) is 4.02. The molecule has 2 atom stereocenters. The van der Waals surface area contributed by atoms with Crippen molar-refractivity contribution in [1.29, 1.82) is 0 Å². The van der Waals surface area contributed by atoms with Gasteiger partial charge in [-0.25, -0.2) is 0 Å². The van der Waals surface area contributed by atoms with E-state index in [1.54, 1.807) is 21.3 Å². The number of fused-ring (bicyclic) bond motifs is 3. The van der Waals surface area contributed by atoms with E-state index in [4.69, 9.17) is 14.2 Å². The van der Waals surface area contributed by atoms with Crippen molar-refractivity contribution in [2.45, 2.75) is 18.6 Å². The summed E-state index contributed by atoms with van der Waals surface area (Å²) >= 11 is 0. The van der Waals surface area contributed by atoms with E-state index in [9.17, 15) is 0 Å². The predicted molar refractivity (Wildman–Crippen MR) is 96.4 cm³/mol. The van der Waals surface area contributed by atoms with E-state index in [0.717, 1.165) is 36.8 Å². The Balaban J connectivity index is 1.64. The molecule has 2 aliphatic heterocycles. The first-order chi connectivity index (χ1) is 12.2. The van der Waals surface area contributed by atoms with Gasteiger partial charge in [-0.1, -0.05) is 12.1 Å². The topological polar surface area (TPSA) is 43.0 Å². The fourth-order valence-electron chi connectivity index (χ4n) is 4.02. The van der Waals surface area contributed by atoms with Gasteiger partial charge < -0.3 is 14.2 Å². The zero-order chi connectivity index (χ0) is 17.4. The van der Waals surface area contributed by atoms with Gasteiger partial charge in [0, 0.05) is 19.1 Å². The Morgan fingerprint density at radius 3 is 2.36 bits per heavy atom. The zero-order valence-corrected chi connectivity index (χ0v) is 14.9. The van der Waals surface area contributed by atoms with Crippen molar-refractivity contribution in [1.82, 2.24) is 10.2 Å². The van der Waals surface area contributed by atoms with Crippen LogP contribution in [0.2, 0.25) is 0 Å². The number of nitrogens with zero attached hydrogens (tertiary/aromatic N) is 1. The number of benzene rings is 2. The molecular formula is C20H24N2O3. The summed E-state index contributed by atoms with van der Waals surface area (Å²) < 4.78 is 16.2. The molecule has 1 N–H and O–H groups in total. The summed E-state index contributed by atoms with van der Waals surface area (Å²) in [7, 11) is 5.08. The molecule has 1 fully saturated rings. The van der Waals surface area contributed by atoms with E-state index in [2.05, 4.69) is 34.5 Å². The van der Waals surface area contributed by atoms with Gasteiger partial charge in [0.05, 0.1) is 27.5 Å². The first-order valence-corrected chi connectivity index (χ1v) is 8.63. The van der Waals surface area contributed by atoms with Crippen LogP contribution in [-0.2, 0) is 6.42 Å². The van der Waals surface area contributed by atoms with E-state index in [-0.39, 0.29) is 6.17 Å². The lowest BCUT2D eigenvalue weighted by atomic mass is 9.92. The average molecular weight is 340 g/mol. The largest absolute Gasteiger partial charge is 0.497 e. The Labute approximate surface area is 148 Å². The minimum absolute atomic E-state index is 0.233. The van der Waals surface area contributed by atoms with Gasteiger partial charge >= 0.3 is 0 Å². The summed E-state index contributed by atoms with van der Waals surface area (Å²) in [4.78, 5) is 2.54. The monoisotopic (exact) mass is 340 g/mol. The molecule has 0 saturated carbocycles. The van der Waals surface area contributed by atoms with Crippen LogP contribution < -0.4 is 19.5 Å². The Kier molecular flexibility index (Phi) is 4.27. The minimum Gasteiger partial charge on any atom is -0.497 e. The molecule has 0 spiro atoms. The molecule has 2 aromatic rings. The van der Waals surface area contributed by atoms with Gasteiger partial charge in [0.15, 0.2) is 11.5 Å².